The van der Waals surface area contributed by atoms with E-state index in [1.165, 1.54) is 6.07 Å². The van der Waals surface area contributed by atoms with Crippen LogP contribution in [-0.2, 0) is 4.79 Å². The first kappa shape index (κ1) is 22.2. The third-order valence-electron chi connectivity index (χ3n) is 7.24. The molecule has 3 aliphatic rings. The van der Waals surface area contributed by atoms with E-state index in [-0.39, 0.29) is 34.5 Å². The van der Waals surface area contributed by atoms with Crippen LogP contribution in [0, 0.1) is 5.41 Å². The maximum absolute atomic E-state index is 13.3. The number of ether oxygens (including phenoxy) is 1. The predicted octanol–water partition coefficient (Wildman–Crippen LogP) is 3.70. The Balaban J connectivity index is 1.60. The molecule has 1 aromatic rings. The van der Waals surface area contributed by atoms with Crippen LogP contribution in [0.4, 0.5) is 0 Å². The lowest BCUT2D eigenvalue weighted by molar-refractivity contribution is -0.129. The van der Waals surface area contributed by atoms with Crippen molar-refractivity contribution in [3.8, 4) is 5.88 Å². The van der Waals surface area contributed by atoms with E-state index in [1.807, 2.05) is 6.92 Å². The number of Topliss-reactive ketones (excluding diaryl/α,β-unsaturated/α-hetero) is 2. The molecule has 0 amide bonds. The highest BCUT2D eigenvalue weighted by molar-refractivity contribution is 6.29. The van der Waals surface area contributed by atoms with Crippen molar-refractivity contribution >= 4 is 23.2 Å². The zero-order valence-corrected chi connectivity index (χ0v) is 19.1. The van der Waals surface area contributed by atoms with Crippen molar-refractivity contribution in [2.24, 2.45) is 11.1 Å². The second-order valence-corrected chi connectivity index (χ2v) is 9.54. The first-order valence-corrected chi connectivity index (χ1v) is 11.7. The number of aromatic nitrogens is 2. The number of nitrogens with two attached hydrogens (primary N) is 1. The summed E-state index contributed by atoms with van der Waals surface area (Å²) in [5.41, 5.74) is 6.67. The quantitative estimate of drug-likeness (QED) is 0.543. The van der Waals surface area contributed by atoms with Crippen LogP contribution in [0.15, 0.2) is 17.3 Å². The highest BCUT2D eigenvalue weighted by Gasteiger charge is 2.46. The Bertz CT molecular complexity index is 918. The summed E-state index contributed by atoms with van der Waals surface area (Å²) in [6, 6.07) is 1.83. The number of carbonyl (C=O) groups excluding carboxylic acids is 2. The molecule has 168 valence electrons. The lowest BCUT2D eigenvalue weighted by atomic mass is 9.64. The fourth-order valence-electron chi connectivity index (χ4n) is 5.49. The molecule has 1 aliphatic heterocycles. The first-order valence-electron chi connectivity index (χ1n) is 11.3. The SMILES string of the molecule is C[C@H](Oc1cc(Cl)nc(C(=O)C2=C(N)[C@]3(CCCCC3=O)CCC2)n1)[C@@H]1CCCN1C. The second kappa shape index (κ2) is 8.87. The zero-order valence-electron chi connectivity index (χ0n) is 18.3. The van der Waals surface area contributed by atoms with Gasteiger partial charge in [0.05, 0.1) is 5.41 Å². The van der Waals surface area contributed by atoms with E-state index >= 15 is 0 Å². The van der Waals surface area contributed by atoms with Gasteiger partial charge in [-0.15, -0.1) is 0 Å². The van der Waals surface area contributed by atoms with Crippen LogP contribution in [0.25, 0.3) is 0 Å². The zero-order chi connectivity index (χ0) is 22.2. The summed E-state index contributed by atoms with van der Waals surface area (Å²) in [5.74, 6) is 0.0713. The van der Waals surface area contributed by atoms with Gasteiger partial charge in [-0.25, -0.2) is 4.98 Å². The van der Waals surface area contributed by atoms with Gasteiger partial charge < -0.3 is 10.5 Å². The topological polar surface area (TPSA) is 98.4 Å². The molecule has 1 aromatic heterocycles. The van der Waals surface area contributed by atoms with Crippen LogP contribution in [0.1, 0.15) is 75.3 Å². The van der Waals surface area contributed by atoms with Gasteiger partial charge in [-0.05, 0) is 65.5 Å². The van der Waals surface area contributed by atoms with Crippen molar-refractivity contribution in [2.45, 2.75) is 76.9 Å². The van der Waals surface area contributed by atoms with Gasteiger partial charge in [0.15, 0.2) is 0 Å². The molecule has 8 heteroatoms. The Morgan fingerprint density at radius 2 is 2.03 bits per heavy atom. The average Bonchev–Trinajstić information content (AvgIpc) is 3.17. The van der Waals surface area contributed by atoms with Gasteiger partial charge in [0.2, 0.25) is 17.5 Å². The number of ketones is 2. The Hall–Kier alpha value is -1.99. The van der Waals surface area contributed by atoms with Gasteiger partial charge in [0.1, 0.15) is 17.0 Å². The van der Waals surface area contributed by atoms with E-state index in [0.717, 1.165) is 38.6 Å². The third-order valence-corrected chi connectivity index (χ3v) is 7.43. The van der Waals surface area contributed by atoms with E-state index in [1.54, 1.807) is 0 Å². The predicted molar refractivity (Wildman–Crippen MR) is 118 cm³/mol. The monoisotopic (exact) mass is 446 g/mol. The van der Waals surface area contributed by atoms with Crippen LogP contribution >= 0.6 is 11.6 Å². The van der Waals surface area contributed by atoms with Gasteiger partial charge in [0, 0.05) is 29.8 Å². The molecule has 0 aromatic carbocycles. The minimum Gasteiger partial charge on any atom is -0.473 e. The van der Waals surface area contributed by atoms with Crippen molar-refractivity contribution in [1.29, 1.82) is 0 Å². The normalized spacial score (nSPS) is 28.2. The summed E-state index contributed by atoms with van der Waals surface area (Å²) >= 11 is 6.21. The molecule has 2 aliphatic carbocycles. The molecular formula is C23H31ClN4O3. The first-order chi connectivity index (χ1) is 14.8. The number of carbonyl (C=O) groups is 2. The number of likely N-dealkylation sites (tertiary alicyclic amines) is 1. The van der Waals surface area contributed by atoms with Gasteiger partial charge in [-0.1, -0.05) is 18.0 Å². The van der Waals surface area contributed by atoms with Crippen LogP contribution in [0.2, 0.25) is 5.15 Å². The molecule has 2 N–H and O–H groups in total. The molecule has 2 heterocycles. The summed E-state index contributed by atoms with van der Waals surface area (Å²) < 4.78 is 6.05. The van der Waals surface area contributed by atoms with Gasteiger partial charge in [-0.3, -0.25) is 14.5 Å². The number of allylic oxidation sites excluding steroid dienone is 2. The highest BCUT2D eigenvalue weighted by Crippen LogP contribution is 2.47. The summed E-state index contributed by atoms with van der Waals surface area (Å²) in [6.07, 6.45) is 7.18. The molecule has 1 spiro atoms. The molecular weight excluding hydrogens is 416 g/mol. The van der Waals surface area contributed by atoms with Crippen LogP contribution in [0.3, 0.4) is 0 Å². The minimum atomic E-state index is -0.693. The number of likely N-dealkylation sites (N-methyl/N-ethyl adjacent to an activating group) is 1. The fraction of sp³-hybridized carbons (Fsp3) is 0.652. The third kappa shape index (κ3) is 4.22. The molecule has 0 bridgehead atoms. The molecule has 2 fully saturated rings. The van der Waals surface area contributed by atoms with E-state index in [2.05, 4.69) is 21.9 Å². The molecule has 7 nitrogen and oxygen atoms in total. The summed E-state index contributed by atoms with van der Waals surface area (Å²) in [7, 11) is 2.08. The average molecular weight is 447 g/mol. The minimum absolute atomic E-state index is 0.0206. The lowest BCUT2D eigenvalue weighted by Crippen LogP contribution is -2.42. The highest BCUT2D eigenvalue weighted by atomic mass is 35.5. The van der Waals surface area contributed by atoms with E-state index in [9.17, 15) is 9.59 Å². The molecule has 0 radical (unpaired) electrons. The number of halogens is 1. The van der Waals surface area contributed by atoms with Crippen molar-refractivity contribution < 1.29 is 14.3 Å². The molecule has 31 heavy (non-hydrogen) atoms. The molecule has 1 saturated carbocycles. The van der Waals surface area contributed by atoms with E-state index in [0.29, 0.717) is 43.0 Å². The lowest BCUT2D eigenvalue weighted by Gasteiger charge is -2.40. The molecule has 3 atom stereocenters. The smallest absolute Gasteiger partial charge is 0.228 e. The number of hydrogen-bond acceptors (Lipinski definition) is 7. The Kier molecular flexibility index (Phi) is 6.35. The number of rotatable bonds is 5. The Morgan fingerprint density at radius 3 is 2.74 bits per heavy atom. The number of nitrogens with zero attached hydrogens (tertiary/aromatic N) is 3. The van der Waals surface area contributed by atoms with Crippen molar-refractivity contribution in [3.63, 3.8) is 0 Å². The van der Waals surface area contributed by atoms with Crippen LogP contribution < -0.4 is 10.5 Å². The molecule has 4 rings (SSSR count). The fourth-order valence-corrected chi connectivity index (χ4v) is 5.67. The molecule has 0 unspecified atom stereocenters. The van der Waals surface area contributed by atoms with E-state index in [4.69, 9.17) is 22.1 Å². The Labute approximate surface area is 188 Å². The second-order valence-electron chi connectivity index (χ2n) is 9.15. The summed E-state index contributed by atoms with van der Waals surface area (Å²) in [6.45, 7) is 3.05. The standard InChI is InChI=1S/C23H31ClN4O3/c1-14(16-8-6-12-28(16)2)31-19-13-18(24)26-22(27-19)20(30)15-7-5-11-23(21(15)25)10-4-3-9-17(23)29/h13-14,16H,3-12,25H2,1-2H3/t14-,16-,23+/m0/s1. The molecule has 1 saturated heterocycles. The van der Waals surface area contributed by atoms with Crippen molar-refractivity contribution in [3.05, 3.63) is 28.3 Å². The van der Waals surface area contributed by atoms with E-state index < -0.39 is 5.41 Å². The van der Waals surface area contributed by atoms with Crippen LogP contribution in [0.5, 0.6) is 5.88 Å². The van der Waals surface area contributed by atoms with Crippen molar-refractivity contribution in [2.75, 3.05) is 13.6 Å². The summed E-state index contributed by atoms with van der Waals surface area (Å²) in [4.78, 5) is 36.9. The maximum Gasteiger partial charge on any atom is 0.228 e. The van der Waals surface area contributed by atoms with Gasteiger partial charge in [0.25, 0.3) is 0 Å². The van der Waals surface area contributed by atoms with Gasteiger partial charge >= 0.3 is 0 Å². The maximum atomic E-state index is 13.3. The van der Waals surface area contributed by atoms with Gasteiger partial charge in [-0.2, -0.15) is 4.98 Å². The summed E-state index contributed by atoms with van der Waals surface area (Å²) in [5, 5.41) is 0.152. The van der Waals surface area contributed by atoms with Crippen LogP contribution in [-0.4, -0.2) is 52.2 Å². The Morgan fingerprint density at radius 1 is 1.26 bits per heavy atom. The largest absolute Gasteiger partial charge is 0.473 e. The number of hydrogen-bond donors (Lipinski definition) is 1. The van der Waals surface area contributed by atoms with Crippen molar-refractivity contribution in [1.82, 2.24) is 14.9 Å².